The van der Waals surface area contributed by atoms with Crippen molar-refractivity contribution in [1.82, 2.24) is 10.3 Å². The molecular weight excluding hydrogens is 252 g/mol. The highest BCUT2D eigenvalue weighted by Crippen LogP contribution is 2.22. The molecule has 3 heteroatoms. The zero-order chi connectivity index (χ0) is 13.8. The van der Waals surface area contributed by atoms with Crippen LogP contribution in [0.4, 0.5) is 0 Å². The Bertz CT molecular complexity index is 514. The maximum atomic E-state index is 4.55. The summed E-state index contributed by atoms with van der Waals surface area (Å²) in [7, 11) is 2.02. The molecule has 0 aliphatic carbocycles. The number of nitrogens with one attached hydrogen (secondary N) is 1. The lowest BCUT2D eigenvalue weighted by Gasteiger charge is -2.16. The molecule has 19 heavy (non-hydrogen) atoms. The standard InChI is InChI=1S/C16H22N2S/c1-11(2)13-5-7-14(8-6-13)15(17-4)9-16-18-12(3)10-19-16/h5-8,10-11,15,17H,9H2,1-4H3. The maximum Gasteiger partial charge on any atom is 0.0947 e. The fourth-order valence-corrected chi connectivity index (χ4v) is 2.99. The number of nitrogens with zero attached hydrogens (tertiary/aromatic N) is 1. The van der Waals surface area contributed by atoms with Crippen molar-refractivity contribution in [3.63, 3.8) is 0 Å². The smallest absolute Gasteiger partial charge is 0.0947 e. The number of hydrogen-bond acceptors (Lipinski definition) is 3. The van der Waals surface area contributed by atoms with E-state index in [9.17, 15) is 0 Å². The summed E-state index contributed by atoms with van der Waals surface area (Å²) in [6.07, 6.45) is 0.954. The highest BCUT2D eigenvalue weighted by Gasteiger charge is 2.12. The van der Waals surface area contributed by atoms with E-state index in [4.69, 9.17) is 0 Å². The van der Waals surface area contributed by atoms with Crippen LogP contribution < -0.4 is 5.32 Å². The number of benzene rings is 1. The predicted octanol–water partition coefficient (Wildman–Crippen LogP) is 4.08. The minimum absolute atomic E-state index is 0.340. The van der Waals surface area contributed by atoms with E-state index in [0.29, 0.717) is 12.0 Å². The highest BCUT2D eigenvalue weighted by atomic mass is 32.1. The Morgan fingerprint density at radius 1 is 1.16 bits per heavy atom. The first-order valence-corrected chi connectivity index (χ1v) is 7.66. The molecule has 1 atom stereocenters. The molecule has 0 radical (unpaired) electrons. The van der Waals surface area contributed by atoms with Gasteiger partial charge in [-0.15, -0.1) is 11.3 Å². The molecule has 1 aromatic carbocycles. The van der Waals surface area contributed by atoms with Crippen LogP contribution >= 0.6 is 11.3 Å². The molecule has 0 spiro atoms. The fourth-order valence-electron chi connectivity index (χ4n) is 2.17. The fraction of sp³-hybridized carbons (Fsp3) is 0.438. The summed E-state index contributed by atoms with van der Waals surface area (Å²) in [4.78, 5) is 4.55. The van der Waals surface area contributed by atoms with Crippen molar-refractivity contribution in [2.45, 2.75) is 39.2 Å². The third-order valence-corrected chi connectivity index (χ3v) is 4.39. The molecule has 102 valence electrons. The minimum Gasteiger partial charge on any atom is -0.313 e. The first-order chi connectivity index (χ1) is 9.10. The van der Waals surface area contributed by atoms with Crippen molar-refractivity contribution in [2.24, 2.45) is 0 Å². The predicted molar refractivity (Wildman–Crippen MR) is 82.9 cm³/mol. The van der Waals surface area contributed by atoms with E-state index in [0.717, 1.165) is 12.1 Å². The van der Waals surface area contributed by atoms with E-state index in [1.54, 1.807) is 11.3 Å². The SMILES string of the molecule is CNC(Cc1nc(C)cs1)c1ccc(C(C)C)cc1. The van der Waals surface area contributed by atoms with E-state index in [1.165, 1.54) is 16.1 Å². The number of thiazole rings is 1. The highest BCUT2D eigenvalue weighted by molar-refractivity contribution is 7.09. The van der Waals surface area contributed by atoms with E-state index < -0.39 is 0 Å². The van der Waals surface area contributed by atoms with Crippen LogP contribution in [0.15, 0.2) is 29.6 Å². The number of hydrogen-bond donors (Lipinski definition) is 1. The van der Waals surface area contributed by atoms with E-state index in [-0.39, 0.29) is 0 Å². The van der Waals surface area contributed by atoms with Gasteiger partial charge in [0.2, 0.25) is 0 Å². The van der Waals surface area contributed by atoms with Crippen LogP contribution in [0.25, 0.3) is 0 Å². The van der Waals surface area contributed by atoms with Gasteiger partial charge in [-0.2, -0.15) is 0 Å². The molecule has 0 saturated heterocycles. The molecule has 1 heterocycles. The van der Waals surface area contributed by atoms with Crippen molar-refractivity contribution >= 4 is 11.3 Å². The van der Waals surface area contributed by atoms with Gasteiger partial charge in [-0.05, 0) is 31.0 Å². The van der Waals surface area contributed by atoms with Crippen LogP contribution in [-0.4, -0.2) is 12.0 Å². The lowest BCUT2D eigenvalue weighted by atomic mass is 9.98. The first-order valence-electron chi connectivity index (χ1n) is 6.78. The van der Waals surface area contributed by atoms with Gasteiger partial charge < -0.3 is 5.32 Å². The van der Waals surface area contributed by atoms with Gasteiger partial charge in [-0.25, -0.2) is 4.98 Å². The average molecular weight is 274 g/mol. The second-order valence-corrected chi connectivity index (χ2v) is 6.19. The molecule has 2 aromatic rings. The Balaban J connectivity index is 2.12. The summed E-state index contributed by atoms with van der Waals surface area (Å²) in [6.45, 7) is 6.50. The van der Waals surface area contributed by atoms with E-state index in [1.807, 2.05) is 14.0 Å². The van der Waals surface area contributed by atoms with Gasteiger partial charge in [-0.1, -0.05) is 38.1 Å². The number of aromatic nitrogens is 1. The summed E-state index contributed by atoms with van der Waals surface area (Å²) >= 11 is 1.74. The van der Waals surface area contributed by atoms with Crippen molar-refractivity contribution < 1.29 is 0 Å². The summed E-state index contributed by atoms with van der Waals surface area (Å²) in [6, 6.07) is 9.27. The zero-order valence-electron chi connectivity index (χ0n) is 12.1. The molecule has 1 unspecified atom stereocenters. The average Bonchev–Trinajstić information content (AvgIpc) is 2.81. The monoisotopic (exact) mass is 274 g/mol. The molecule has 0 aliphatic heterocycles. The molecule has 1 aromatic heterocycles. The molecule has 0 amide bonds. The normalized spacial score (nSPS) is 12.9. The van der Waals surface area contributed by atoms with E-state index in [2.05, 4.69) is 53.8 Å². The van der Waals surface area contributed by atoms with Crippen LogP contribution in [0.1, 0.15) is 47.6 Å². The topological polar surface area (TPSA) is 24.9 Å². The van der Waals surface area contributed by atoms with Gasteiger partial charge in [0, 0.05) is 23.5 Å². The molecule has 0 fully saturated rings. The Morgan fingerprint density at radius 3 is 2.26 bits per heavy atom. The number of aryl methyl sites for hydroxylation is 1. The third kappa shape index (κ3) is 3.64. The number of likely N-dealkylation sites (N-methyl/N-ethyl adjacent to an activating group) is 1. The Labute approximate surface area is 119 Å². The second kappa shape index (κ2) is 6.31. The zero-order valence-corrected chi connectivity index (χ0v) is 12.9. The molecule has 0 saturated carbocycles. The van der Waals surface area contributed by atoms with Crippen LogP contribution in [0.5, 0.6) is 0 Å². The summed E-state index contributed by atoms with van der Waals surface area (Å²) in [5, 5.41) is 6.71. The van der Waals surface area contributed by atoms with Crippen molar-refractivity contribution in [3.8, 4) is 0 Å². The second-order valence-electron chi connectivity index (χ2n) is 5.25. The van der Waals surface area contributed by atoms with Gasteiger partial charge in [0.05, 0.1) is 5.01 Å². The van der Waals surface area contributed by atoms with E-state index >= 15 is 0 Å². The summed E-state index contributed by atoms with van der Waals surface area (Å²) in [5.74, 6) is 0.587. The lowest BCUT2D eigenvalue weighted by molar-refractivity contribution is 0.589. The van der Waals surface area contributed by atoms with Gasteiger partial charge in [0.15, 0.2) is 0 Å². The Morgan fingerprint density at radius 2 is 1.79 bits per heavy atom. The quantitative estimate of drug-likeness (QED) is 0.888. The molecular formula is C16H22N2S. The Hall–Kier alpha value is -1.19. The van der Waals surface area contributed by atoms with Crippen molar-refractivity contribution in [1.29, 1.82) is 0 Å². The minimum atomic E-state index is 0.340. The number of rotatable bonds is 5. The Kier molecular flexibility index (Phi) is 4.72. The summed E-state index contributed by atoms with van der Waals surface area (Å²) in [5.41, 5.74) is 3.84. The third-order valence-electron chi connectivity index (χ3n) is 3.40. The molecule has 0 bridgehead atoms. The largest absolute Gasteiger partial charge is 0.313 e. The van der Waals surface area contributed by atoms with Gasteiger partial charge in [0.1, 0.15) is 0 Å². The van der Waals surface area contributed by atoms with Gasteiger partial charge >= 0.3 is 0 Å². The van der Waals surface area contributed by atoms with Crippen LogP contribution in [0.3, 0.4) is 0 Å². The van der Waals surface area contributed by atoms with Crippen LogP contribution in [0, 0.1) is 6.92 Å². The first kappa shape index (κ1) is 14.2. The van der Waals surface area contributed by atoms with Crippen LogP contribution in [-0.2, 0) is 6.42 Å². The van der Waals surface area contributed by atoms with Gasteiger partial charge in [-0.3, -0.25) is 0 Å². The maximum absolute atomic E-state index is 4.55. The molecule has 2 rings (SSSR count). The molecule has 0 aliphatic rings. The van der Waals surface area contributed by atoms with Crippen LogP contribution in [0.2, 0.25) is 0 Å². The lowest BCUT2D eigenvalue weighted by Crippen LogP contribution is -2.18. The molecule has 2 nitrogen and oxygen atoms in total. The molecule has 1 N–H and O–H groups in total. The van der Waals surface area contributed by atoms with Crippen molar-refractivity contribution in [2.75, 3.05) is 7.05 Å². The summed E-state index contributed by atoms with van der Waals surface area (Å²) < 4.78 is 0. The van der Waals surface area contributed by atoms with Gasteiger partial charge in [0.25, 0.3) is 0 Å². The van der Waals surface area contributed by atoms with Crippen molar-refractivity contribution in [3.05, 3.63) is 51.5 Å².